The van der Waals surface area contributed by atoms with E-state index in [4.69, 9.17) is 16.0 Å². The third-order valence-electron chi connectivity index (χ3n) is 4.58. The number of hydrogen-bond acceptors (Lipinski definition) is 4. The van der Waals surface area contributed by atoms with Crippen LogP contribution >= 0.6 is 11.6 Å². The quantitative estimate of drug-likeness (QED) is 0.413. The van der Waals surface area contributed by atoms with Crippen molar-refractivity contribution in [2.24, 2.45) is 0 Å². The molecule has 0 atom stereocenters. The van der Waals surface area contributed by atoms with Crippen molar-refractivity contribution in [2.75, 3.05) is 13.1 Å². The average Bonchev–Trinajstić information content (AvgIpc) is 3.46. The lowest BCUT2D eigenvalue weighted by Gasteiger charge is -2.07. The van der Waals surface area contributed by atoms with Gasteiger partial charge in [0.1, 0.15) is 11.5 Å². The first-order chi connectivity index (χ1) is 15.5. The number of benzene rings is 2. The molecule has 0 aliphatic rings. The summed E-state index contributed by atoms with van der Waals surface area (Å²) in [5, 5.41) is 10.2. The van der Waals surface area contributed by atoms with Crippen molar-refractivity contribution in [1.29, 1.82) is 0 Å². The van der Waals surface area contributed by atoms with E-state index < -0.39 is 17.6 Å². The van der Waals surface area contributed by atoms with Gasteiger partial charge in [0, 0.05) is 24.2 Å². The molecule has 0 fully saturated rings. The number of nitrogens with zero attached hydrogens (tertiary/aromatic N) is 2. The van der Waals surface area contributed by atoms with Crippen molar-refractivity contribution in [2.45, 2.75) is 0 Å². The zero-order chi connectivity index (χ0) is 22.5. The number of hydrogen-bond donors (Lipinski definition) is 2. The van der Waals surface area contributed by atoms with Crippen molar-refractivity contribution < 1.29 is 18.4 Å². The van der Waals surface area contributed by atoms with E-state index in [0.717, 1.165) is 0 Å². The summed E-state index contributed by atoms with van der Waals surface area (Å²) in [6.45, 7) is 0.262. The standard InChI is InChI=1S/C23H18ClFN4O3/c24-15-5-3-6-16(13-15)29-20(21-9-4-12-32-21)14-19(28-29)23(31)27-11-10-26-22(30)17-7-1-2-8-18(17)25/h1-9,12-14H,10-11H2,(H,26,30)(H,27,31). The van der Waals surface area contributed by atoms with E-state index in [2.05, 4.69) is 15.7 Å². The topological polar surface area (TPSA) is 89.2 Å². The molecule has 0 saturated heterocycles. The van der Waals surface area contributed by atoms with Crippen LogP contribution in [0.3, 0.4) is 0 Å². The van der Waals surface area contributed by atoms with Crippen molar-refractivity contribution in [1.82, 2.24) is 20.4 Å². The van der Waals surface area contributed by atoms with Gasteiger partial charge in [0.05, 0.1) is 17.5 Å². The normalized spacial score (nSPS) is 10.7. The maximum Gasteiger partial charge on any atom is 0.271 e. The lowest BCUT2D eigenvalue weighted by Crippen LogP contribution is -2.35. The first-order valence-corrected chi connectivity index (χ1v) is 10.1. The van der Waals surface area contributed by atoms with Crippen molar-refractivity contribution >= 4 is 23.4 Å². The molecule has 2 aromatic carbocycles. The second kappa shape index (κ2) is 9.49. The van der Waals surface area contributed by atoms with Gasteiger partial charge in [0.2, 0.25) is 0 Å². The Morgan fingerprint density at radius 3 is 2.47 bits per heavy atom. The maximum atomic E-state index is 13.7. The maximum absolute atomic E-state index is 13.7. The van der Waals surface area contributed by atoms with Gasteiger partial charge in [-0.2, -0.15) is 5.10 Å². The average molecular weight is 453 g/mol. The Labute approximate surface area is 187 Å². The number of carbonyl (C=O) groups is 2. The molecule has 7 nitrogen and oxygen atoms in total. The third kappa shape index (κ3) is 4.70. The fourth-order valence-corrected chi connectivity index (χ4v) is 3.26. The van der Waals surface area contributed by atoms with Gasteiger partial charge in [-0.25, -0.2) is 9.07 Å². The summed E-state index contributed by atoms with van der Waals surface area (Å²) >= 11 is 6.10. The molecular formula is C23H18ClFN4O3. The zero-order valence-corrected chi connectivity index (χ0v) is 17.5. The molecule has 162 valence electrons. The van der Waals surface area contributed by atoms with Gasteiger partial charge in [0.15, 0.2) is 11.5 Å². The molecule has 0 aliphatic heterocycles. The molecular weight excluding hydrogens is 435 g/mol. The van der Waals surface area contributed by atoms with Crippen molar-refractivity contribution in [3.05, 3.63) is 95.1 Å². The van der Waals surface area contributed by atoms with E-state index in [1.165, 1.54) is 24.5 Å². The predicted molar refractivity (Wildman–Crippen MR) is 117 cm³/mol. The lowest BCUT2D eigenvalue weighted by atomic mass is 10.2. The predicted octanol–water partition coefficient (Wildman–Crippen LogP) is 4.08. The Bertz CT molecular complexity index is 1250. The molecule has 2 aromatic heterocycles. The summed E-state index contributed by atoms with van der Waals surface area (Å²) in [7, 11) is 0. The Balaban J connectivity index is 1.44. The van der Waals surface area contributed by atoms with Crippen LogP contribution in [0.4, 0.5) is 4.39 Å². The van der Waals surface area contributed by atoms with Crippen LogP contribution in [0.15, 0.2) is 77.4 Å². The summed E-state index contributed by atoms with van der Waals surface area (Å²) in [6, 6.07) is 17.8. The number of nitrogens with one attached hydrogen (secondary N) is 2. The van der Waals surface area contributed by atoms with Gasteiger partial charge in [0.25, 0.3) is 11.8 Å². The molecule has 4 aromatic rings. The molecule has 2 N–H and O–H groups in total. The molecule has 2 amide bonds. The Morgan fingerprint density at radius 2 is 1.75 bits per heavy atom. The highest BCUT2D eigenvalue weighted by Crippen LogP contribution is 2.25. The molecule has 0 bridgehead atoms. The van der Waals surface area contributed by atoms with E-state index in [1.807, 2.05) is 6.07 Å². The minimum Gasteiger partial charge on any atom is -0.463 e. The van der Waals surface area contributed by atoms with E-state index in [1.54, 1.807) is 47.1 Å². The van der Waals surface area contributed by atoms with Crippen LogP contribution in [0, 0.1) is 5.82 Å². The van der Waals surface area contributed by atoms with Gasteiger partial charge in [-0.05, 0) is 42.5 Å². The summed E-state index contributed by atoms with van der Waals surface area (Å²) in [5.74, 6) is -1.05. The number of furan rings is 1. The SMILES string of the molecule is O=C(NCCNC(=O)c1ccccc1F)c1cc(-c2ccco2)n(-c2cccc(Cl)c2)n1. The first-order valence-electron chi connectivity index (χ1n) is 9.74. The Hall–Kier alpha value is -3.91. The molecule has 0 unspecified atom stereocenters. The van der Waals surface area contributed by atoms with Crippen LogP contribution in [-0.4, -0.2) is 34.7 Å². The van der Waals surface area contributed by atoms with Crippen LogP contribution in [0.25, 0.3) is 17.1 Å². The minimum absolute atomic E-state index is 0.0535. The number of halogens is 2. The fraction of sp³-hybridized carbons (Fsp3) is 0.0870. The van der Waals surface area contributed by atoms with E-state index in [9.17, 15) is 14.0 Å². The van der Waals surface area contributed by atoms with Crippen LogP contribution in [0.1, 0.15) is 20.8 Å². The Morgan fingerprint density at radius 1 is 0.969 bits per heavy atom. The van der Waals surface area contributed by atoms with Crippen molar-refractivity contribution in [3.63, 3.8) is 0 Å². The van der Waals surface area contributed by atoms with Gasteiger partial charge in [-0.1, -0.05) is 29.8 Å². The number of rotatable bonds is 7. The van der Waals surface area contributed by atoms with Gasteiger partial charge >= 0.3 is 0 Å². The molecule has 32 heavy (non-hydrogen) atoms. The zero-order valence-electron chi connectivity index (χ0n) is 16.7. The number of amides is 2. The summed E-state index contributed by atoms with van der Waals surface area (Å²) in [5.41, 5.74) is 1.36. The van der Waals surface area contributed by atoms with Crippen LogP contribution in [0.5, 0.6) is 0 Å². The Kier molecular flexibility index (Phi) is 6.32. The highest BCUT2D eigenvalue weighted by molar-refractivity contribution is 6.30. The molecule has 0 aliphatic carbocycles. The first kappa shape index (κ1) is 21.3. The van der Waals surface area contributed by atoms with Gasteiger partial charge < -0.3 is 15.1 Å². The summed E-state index contributed by atoms with van der Waals surface area (Å²) in [6.07, 6.45) is 1.53. The number of aromatic nitrogens is 2. The number of carbonyl (C=O) groups excluding carboxylic acids is 2. The van der Waals surface area contributed by atoms with Crippen LogP contribution < -0.4 is 10.6 Å². The molecule has 0 spiro atoms. The lowest BCUT2D eigenvalue weighted by molar-refractivity contribution is 0.0923. The van der Waals surface area contributed by atoms with E-state index in [-0.39, 0.29) is 24.3 Å². The van der Waals surface area contributed by atoms with Gasteiger partial charge in [-0.3, -0.25) is 9.59 Å². The molecule has 2 heterocycles. The molecule has 4 rings (SSSR count). The second-order valence-electron chi connectivity index (χ2n) is 6.78. The largest absolute Gasteiger partial charge is 0.463 e. The van der Waals surface area contributed by atoms with Crippen molar-refractivity contribution in [3.8, 4) is 17.1 Å². The van der Waals surface area contributed by atoms with E-state index in [0.29, 0.717) is 22.2 Å². The monoisotopic (exact) mass is 452 g/mol. The smallest absolute Gasteiger partial charge is 0.271 e. The van der Waals surface area contributed by atoms with Crippen LogP contribution in [0.2, 0.25) is 5.02 Å². The highest BCUT2D eigenvalue weighted by atomic mass is 35.5. The second-order valence-corrected chi connectivity index (χ2v) is 7.21. The third-order valence-corrected chi connectivity index (χ3v) is 4.82. The summed E-state index contributed by atoms with van der Waals surface area (Å²) in [4.78, 5) is 24.7. The van der Waals surface area contributed by atoms with Crippen LogP contribution in [-0.2, 0) is 0 Å². The summed E-state index contributed by atoms with van der Waals surface area (Å²) < 4.78 is 20.7. The fourth-order valence-electron chi connectivity index (χ4n) is 3.08. The molecule has 0 radical (unpaired) electrons. The highest BCUT2D eigenvalue weighted by Gasteiger charge is 2.18. The van der Waals surface area contributed by atoms with Gasteiger partial charge in [-0.15, -0.1) is 0 Å². The molecule has 9 heteroatoms. The van der Waals surface area contributed by atoms with E-state index >= 15 is 0 Å². The molecule has 0 saturated carbocycles. The minimum atomic E-state index is -0.606.